The van der Waals surface area contributed by atoms with Crippen LogP contribution in [0.25, 0.3) is 0 Å². The van der Waals surface area contributed by atoms with Gasteiger partial charge in [-0.25, -0.2) is 9.97 Å². The number of nitrogens with two attached hydrogens (primary N) is 1. The Morgan fingerprint density at radius 3 is 2.73 bits per heavy atom. The van der Waals surface area contributed by atoms with Gasteiger partial charge in [0.1, 0.15) is 18.0 Å². The average Bonchev–Trinajstić information content (AvgIpc) is 2.11. The molecule has 15 heavy (non-hydrogen) atoms. The van der Waals surface area contributed by atoms with Crippen molar-refractivity contribution in [2.45, 2.75) is 39.3 Å². The first kappa shape index (κ1) is 11.7. The largest absolute Gasteiger partial charge is 0.393 e. The number of nitrogens with one attached hydrogen (secondary N) is 1. The second-order valence-electron chi connectivity index (χ2n) is 3.86. The van der Waals surface area contributed by atoms with E-state index in [4.69, 9.17) is 5.73 Å². The standard InChI is InChI=1S/C10H18N4O/c1-6(4-7(2)15)14-10-8(3)9(11)12-5-13-10/h5-7,15H,4H2,1-3H3,(H3,11,12,13,14). The Morgan fingerprint density at radius 1 is 1.47 bits per heavy atom. The zero-order chi connectivity index (χ0) is 11.4. The predicted octanol–water partition coefficient (Wildman–Crippen LogP) is 0.939. The van der Waals surface area contributed by atoms with Crippen LogP contribution in [0.3, 0.4) is 0 Å². The van der Waals surface area contributed by atoms with Crippen LogP contribution in [0.15, 0.2) is 6.33 Å². The van der Waals surface area contributed by atoms with E-state index in [-0.39, 0.29) is 12.1 Å². The van der Waals surface area contributed by atoms with E-state index in [0.29, 0.717) is 12.2 Å². The van der Waals surface area contributed by atoms with Crippen LogP contribution in [0.5, 0.6) is 0 Å². The van der Waals surface area contributed by atoms with Gasteiger partial charge in [0.15, 0.2) is 0 Å². The molecule has 0 fully saturated rings. The summed E-state index contributed by atoms with van der Waals surface area (Å²) < 4.78 is 0. The van der Waals surface area contributed by atoms with Crippen LogP contribution in [0.4, 0.5) is 11.6 Å². The molecule has 0 aromatic carbocycles. The van der Waals surface area contributed by atoms with Crippen molar-refractivity contribution in [3.05, 3.63) is 11.9 Å². The summed E-state index contributed by atoms with van der Waals surface area (Å²) in [5.74, 6) is 1.22. The highest BCUT2D eigenvalue weighted by atomic mass is 16.3. The van der Waals surface area contributed by atoms with Gasteiger partial charge in [-0.1, -0.05) is 0 Å². The van der Waals surface area contributed by atoms with Gasteiger partial charge in [0.05, 0.1) is 6.10 Å². The van der Waals surface area contributed by atoms with Gasteiger partial charge < -0.3 is 16.2 Å². The summed E-state index contributed by atoms with van der Waals surface area (Å²) in [5, 5.41) is 12.4. The number of anilines is 2. The van der Waals surface area contributed by atoms with Gasteiger partial charge in [-0.15, -0.1) is 0 Å². The van der Waals surface area contributed by atoms with Crippen molar-refractivity contribution in [2.75, 3.05) is 11.1 Å². The van der Waals surface area contributed by atoms with Gasteiger partial charge in [-0.05, 0) is 27.2 Å². The molecular weight excluding hydrogens is 192 g/mol. The molecule has 0 saturated carbocycles. The second kappa shape index (κ2) is 4.93. The van der Waals surface area contributed by atoms with Crippen LogP contribution >= 0.6 is 0 Å². The fraction of sp³-hybridized carbons (Fsp3) is 0.600. The molecule has 0 aliphatic heterocycles. The van der Waals surface area contributed by atoms with E-state index in [9.17, 15) is 5.11 Å². The fourth-order valence-electron chi connectivity index (χ4n) is 1.41. The molecule has 2 unspecified atom stereocenters. The van der Waals surface area contributed by atoms with Crippen molar-refractivity contribution in [3.63, 3.8) is 0 Å². The van der Waals surface area contributed by atoms with Gasteiger partial charge >= 0.3 is 0 Å². The Kier molecular flexibility index (Phi) is 3.85. The molecule has 0 aliphatic rings. The lowest BCUT2D eigenvalue weighted by Crippen LogP contribution is -2.22. The van der Waals surface area contributed by atoms with E-state index in [2.05, 4.69) is 15.3 Å². The molecule has 84 valence electrons. The number of nitrogens with zero attached hydrogens (tertiary/aromatic N) is 2. The first-order valence-electron chi connectivity index (χ1n) is 5.02. The number of aliphatic hydroxyl groups is 1. The number of nitrogen functional groups attached to an aromatic ring is 1. The van der Waals surface area contributed by atoms with Crippen molar-refractivity contribution < 1.29 is 5.11 Å². The molecule has 4 N–H and O–H groups in total. The van der Waals surface area contributed by atoms with Crippen LogP contribution in [0.1, 0.15) is 25.8 Å². The van der Waals surface area contributed by atoms with Gasteiger partial charge in [0, 0.05) is 11.6 Å². The van der Waals surface area contributed by atoms with E-state index >= 15 is 0 Å². The summed E-state index contributed by atoms with van der Waals surface area (Å²) in [6.45, 7) is 5.62. The van der Waals surface area contributed by atoms with Gasteiger partial charge in [0.2, 0.25) is 0 Å². The van der Waals surface area contributed by atoms with E-state index in [1.165, 1.54) is 6.33 Å². The van der Waals surface area contributed by atoms with Crippen molar-refractivity contribution in [1.82, 2.24) is 9.97 Å². The zero-order valence-electron chi connectivity index (χ0n) is 9.36. The molecule has 5 heteroatoms. The minimum Gasteiger partial charge on any atom is -0.393 e. The van der Waals surface area contributed by atoms with Crippen LogP contribution in [-0.2, 0) is 0 Å². The molecule has 0 spiro atoms. The quantitative estimate of drug-likeness (QED) is 0.688. The highest BCUT2D eigenvalue weighted by molar-refractivity contribution is 5.54. The zero-order valence-corrected chi connectivity index (χ0v) is 9.36. The number of hydrogen-bond donors (Lipinski definition) is 3. The van der Waals surface area contributed by atoms with Crippen molar-refractivity contribution >= 4 is 11.6 Å². The summed E-state index contributed by atoms with van der Waals surface area (Å²) in [6.07, 6.45) is 1.77. The predicted molar refractivity (Wildman–Crippen MR) is 60.6 cm³/mol. The maximum Gasteiger partial charge on any atom is 0.134 e. The number of aliphatic hydroxyl groups excluding tert-OH is 1. The third kappa shape index (κ3) is 3.36. The van der Waals surface area contributed by atoms with Gasteiger partial charge in [0.25, 0.3) is 0 Å². The maximum absolute atomic E-state index is 9.23. The SMILES string of the molecule is Cc1c(N)ncnc1NC(C)CC(C)O. The Bertz CT molecular complexity index is 327. The molecule has 2 atom stereocenters. The molecule has 0 saturated heterocycles. The fourth-order valence-corrected chi connectivity index (χ4v) is 1.41. The Balaban J connectivity index is 2.68. The number of hydrogen-bond acceptors (Lipinski definition) is 5. The van der Waals surface area contributed by atoms with Crippen LogP contribution < -0.4 is 11.1 Å². The first-order valence-corrected chi connectivity index (χ1v) is 5.02. The number of rotatable bonds is 4. The Labute approximate surface area is 89.7 Å². The van der Waals surface area contributed by atoms with E-state index in [1.807, 2.05) is 13.8 Å². The van der Waals surface area contributed by atoms with E-state index < -0.39 is 0 Å². The minimum atomic E-state index is -0.327. The lowest BCUT2D eigenvalue weighted by molar-refractivity contribution is 0.179. The monoisotopic (exact) mass is 210 g/mol. The summed E-state index contributed by atoms with van der Waals surface area (Å²) >= 11 is 0. The molecule has 1 heterocycles. The highest BCUT2D eigenvalue weighted by Gasteiger charge is 2.09. The smallest absolute Gasteiger partial charge is 0.134 e. The summed E-state index contributed by atoms with van der Waals surface area (Å²) in [6, 6.07) is 0.151. The lowest BCUT2D eigenvalue weighted by Gasteiger charge is -2.17. The molecule has 1 aromatic heterocycles. The van der Waals surface area contributed by atoms with Crippen molar-refractivity contribution in [3.8, 4) is 0 Å². The van der Waals surface area contributed by atoms with E-state index in [0.717, 1.165) is 11.4 Å². The van der Waals surface area contributed by atoms with Crippen LogP contribution in [-0.4, -0.2) is 27.2 Å². The van der Waals surface area contributed by atoms with Crippen molar-refractivity contribution in [2.24, 2.45) is 0 Å². The summed E-state index contributed by atoms with van der Waals surface area (Å²) in [5.41, 5.74) is 6.50. The minimum absolute atomic E-state index is 0.151. The lowest BCUT2D eigenvalue weighted by atomic mass is 10.1. The molecule has 0 bridgehead atoms. The van der Waals surface area contributed by atoms with Crippen LogP contribution in [0, 0.1) is 6.92 Å². The molecule has 1 rings (SSSR count). The third-order valence-electron chi connectivity index (χ3n) is 2.20. The molecule has 0 radical (unpaired) electrons. The maximum atomic E-state index is 9.23. The highest BCUT2D eigenvalue weighted by Crippen LogP contribution is 2.16. The molecule has 5 nitrogen and oxygen atoms in total. The Morgan fingerprint density at radius 2 is 2.13 bits per heavy atom. The topological polar surface area (TPSA) is 84.1 Å². The normalized spacial score (nSPS) is 14.7. The second-order valence-corrected chi connectivity index (χ2v) is 3.86. The van der Waals surface area contributed by atoms with Crippen molar-refractivity contribution in [1.29, 1.82) is 0 Å². The van der Waals surface area contributed by atoms with Crippen LogP contribution in [0.2, 0.25) is 0 Å². The summed E-state index contributed by atoms with van der Waals surface area (Å²) in [4.78, 5) is 7.99. The summed E-state index contributed by atoms with van der Waals surface area (Å²) in [7, 11) is 0. The molecule has 0 aliphatic carbocycles. The third-order valence-corrected chi connectivity index (χ3v) is 2.20. The first-order chi connectivity index (χ1) is 7.00. The molecular formula is C10H18N4O. The molecule has 1 aromatic rings. The average molecular weight is 210 g/mol. The van der Waals surface area contributed by atoms with Gasteiger partial charge in [-0.3, -0.25) is 0 Å². The van der Waals surface area contributed by atoms with E-state index in [1.54, 1.807) is 6.92 Å². The number of aromatic nitrogens is 2. The van der Waals surface area contributed by atoms with Gasteiger partial charge in [-0.2, -0.15) is 0 Å². The Hall–Kier alpha value is -1.36. The molecule has 0 amide bonds.